The molecular weight excluding hydrogens is 238 g/mol. The van der Waals surface area contributed by atoms with Crippen LogP contribution in [0.25, 0.3) is 10.4 Å². The summed E-state index contributed by atoms with van der Waals surface area (Å²) in [4.78, 5) is 26.9. The Kier molecular flexibility index (Phi) is 3.30. The Balaban J connectivity index is 2.49. The van der Waals surface area contributed by atoms with Crippen molar-refractivity contribution < 1.29 is 14.3 Å². The minimum absolute atomic E-state index is 0.278. The van der Waals surface area contributed by atoms with Gasteiger partial charge in [-0.15, -0.1) is 11.3 Å². The average molecular weight is 247 g/mol. The van der Waals surface area contributed by atoms with Gasteiger partial charge in [0.25, 0.3) is 0 Å². The summed E-state index contributed by atoms with van der Waals surface area (Å²) in [5, 5.41) is 0. The Morgan fingerprint density at radius 1 is 1.47 bits per heavy atom. The maximum Gasteiger partial charge on any atom is 0.358 e. The van der Waals surface area contributed by atoms with Gasteiger partial charge in [-0.3, -0.25) is 4.79 Å². The van der Waals surface area contributed by atoms with Crippen LogP contribution in [0.4, 0.5) is 0 Å². The minimum atomic E-state index is -0.474. The van der Waals surface area contributed by atoms with Crippen LogP contribution in [0.3, 0.4) is 0 Å². The zero-order valence-corrected chi connectivity index (χ0v) is 9.86. The number of aromatic nitrogens is 1. The largest absolute Gasteiger partial charge is 0.464 e. The highest BCUT2D eigenvalue weighted by Gasteiger charge is 2.16. The summed E-state index contributed by atoms with van der Waals surface area (Å²) in [6.45, 7) is 0. The van der Waals surface area contributed by atoms with E-state index in [0.717, 1.165) is 11.8 Å². The summed E-state index contributed by atoms with van der Waals surface area (Å²) in [7, 11) is 1.31. The van der Waals surface area contributed by atoms with Gasteiger partial charge in [0.05, 0.1) is 17.5 Å². The van der Waals surface area contributed by atoms with Crippen molar-refractivity contribution >= 4 is 23.6 Å². The summed E-state index contributed by atoms with van der Waals surface area (Å²) in [6.07, 6.45) is 0.766. The van der Waals surface area contributed by atoms with E-state index in [-0.39, 0.29) is 5.69 Å². The third kappa shape index (κ3) is 2.24. The van der Waals surface area contributed by atoms with Gasteiger partial charge in [0.15, 0.2) is 5.69 Å². The van der Waals surface area contributed by atoms with Gasteiger partial charge in [-0.2, -0.15) is 0 Å². The Bertz CT molecular complexity index is 562. The first-order valence-corrected chi connectivity index (χ1v) is 5.71. The molecule has 4 nitrogen and oxygen atoms in total. The molecule has 1 aromatic heterocycles. The van der Waals surface area contributed by atoms with Crippen LogP contribution in [0, 0.1) is 0 Å². The highest BCUT2D eigenvalue weighted by Crippen LogP contribution is 2.28. The van der Waals surface area contributed by atoms with E-state index in [0.29, 0.717) is 10.4 Å². The molecule has 0 fully saturated rings. The van der Waals surface area contributed by atoms with Crippen molar-refractivity contribution in [3.8, 4) is 10.4 Å². The Hall–Kier alpha value is -2.01. The molecule has 0 aliphatic carbocycles. The topological polar surface area (TPSA) is 56.3 Å². The van der Waals surface area contributed by atoms with Crippen LogP contribution < -0.4 is 0 Å². The van der Waals surface area contributed by atoms with E-state index in [1.807, 2.05) is 6.07 Å². The molecular formula is C12H9NO3S. The van der Waals surface area contributed by atoms with E-state index < -0.39 is 5.97 Å². The monoisotopic (exact) mass is 247 g/mol. The molecule has 0 N–H and O–H groups in total. The predicted octanol–water partition coefficient (Wildman–Crippen LogP) is 2.41. The van der Waals surface area contributed by atoms with Crippen molar-refractivity contribution in [2.75, 3.05) is 7.11 Å². The van der Waals surface area contributed by atoms with Crippen LogP contribution in [0.1, 0.15) is 20.8 Å². The molecule has 2 aromatic rings. The lowest BCUT2D eigenvalue weighted by molar-refractivity contribution is 0.0595. The molecule has 0 spiro atoms. The first kappa shape index (κ1) is 11.5. The van der Waals surface area contributed by atoms with E-state index in [2.05, 4.69) is 9.72 Å². The molecule has 1 heterocycles. The first-order chi connectivity index (χ1) is 8.26. The Labute approximate surface area is 102 Å². The summed E-state index contributed by atoms with van der Waals surface area (Å²) < 4.78 is 4.65. The molecule has 2 rings (SSSR count). The summed E-state index contributed by atoms with van der Waals surface area (Å²) in [5.74, 6) is -0.474. The minimum Gasteiger partial charge on any atom is -0.464 e. The van der Waals surface area contributed by atoms with Gasteiger partial charge in [-0.05, 0) is 11.6 Å². The maximum absolute atomic E-state index is 11.5. The molecule has 0 amide bonds. The van der Waals surface area contributed by atoms with Gasteiger partial charge >= 0.3 is 5.97 Å². The highest BCUT2D eigenvalue weighted by atomic mass is 32.1. The van der Waals surface area contributed by atoms with E-state index in [4.69, 9.17) is 0 Å². The summed E-state index contributed by atoms with van der Waals surface area (Å²) in [6, 6.07) is 7.01. The second kappa shape index (κ2) is 4.88. The van der Waals surface area contributed by atoms with Gasteiger partial charge in [-0.1, -0.05) is 18.2 Å². The number of hydrogen-bond donors (Lipinski definition) is 0. The number of carbonyl (C=O) groups is 2. The third-order valence-corrected chi connectivity index (χ3v) is 3.11. The van der Waals surface area contributed by atoms with Gasteiger partial charge in [0.1, 0.15) is 6.29 Å². The van der Waals surface area contributed by atoms with Crippen LogP contribution >= 0.6 is 11.3 Å². The Morgan fingerprint density at radius 3 is 3.00 bits per heavy atom. The number of ether oxygens (including phenoxy) is 1. The molecule has 5 heteroatoms. The van der Waals surface area contributed by atoms with E-state index >= 15 is 0 Å². The zero-order valence-electron chi connectivity index (χ0n) is 9.04. The predicted molar refractivity (Wildman–Crippen MR) is 64.3 cm³/mol. The summed E-state index contributed by atoms with van der Waals surface area (Å²) >= 11 is 1.34. The molecule has 0 bridgehead atoms. The lowest BCUT2D eigenvalue weighted by Crippen LogP contribution is -2.03. The number of nitrogens with zero attached hydrogens (tertiary/aromatic N) is 1. The second-order valence-electron chi connectivity index (χ2n) is 3.26. The van der Waals surface area contributed by atoms with Crippen molar-refractivity contribution in [2.45, 2.75) is 0 Å². The average Bonchev–Trinajstić information content (AvgIpc) is 2.87. The molecule has 0 saturated heterocycles. The highest BCUT2D eigenvalue weighted by molar-refractivity contribution is 7.13. The van der Waals surface area contributed by atoms with Crippen LogP contribution in [-0.4, -0.2) is 24.3 Å². The van der Waals surface area contributed by atoms with Gasteiger partial charge < -0.3 is 4.74 Å². The SMILES string of the molecule is COC(=O)c1ncsc1-c1cccc(C=O)c1. The molecule has 1 aromatic carbocycles. The summed E-state index contributed by atoms with van der Waals surface area (Å²) in [5.41, 5.74) is 3.21. The molecule has 0 atom stereocenters. The molecule has 86 valence electrons. The zero-order chi connectivity index (χ0) is 12.3. The smallest absolute Gasteiger partial charge is 0.358 e. The van der Waals surface area contributed by atoms with Crippen LogP contribution in [-0.2, 0) is 4.74 Å². The molecule has 17 heavy (non-hydrogen) atoms. The normalized spacial score (nSPS) is 9.94. The van der Waals surface area contributed by atoms with E-state index in [1.165, 1.54) is 18.4 Å². The Morgan fingerprint density at radius 2 is 2.29 bits per heavy atom. The maximum atomic E-state index is 11.5. The van der Waals surface area contributed by atoms with Crippen molar-refractivity contribution in [2.24, 2.45) is 0 Å². The van der Waals surface area contributed by atoms with Gasteiger partial charge in [-0.25, -0.2) is 9.78 Å². The third-order valence-electron chi connectivity index (χ3n) is 2.23. The van der Waals surface area contributed by atoms with Crippen molar-refractivity contribution in [3.63, 3.8) is 0 Å². The van der Waals surface area contributed by atoms with Crippen LogP contribution in [0.2, 0.25) is 0 Å². The first-order valence-electron chi connectivity index (χ1n) is 4.83. The van der Waals surface area contributed by atoms with Crippen LogP contribution in [0.15, 0.2) is 29.8 Å². The van der Waals surface area contributed by atoms with E-state index in [9.17, 15) is 9.59 Å². The van der Waals surface area contributed by atoms with Gasteiger partial charge in [0, 0.05) is 5.56 Å². The molecule has 0 unspecified atom stereocenters. The fraction of sp³-hybridized carbons (Fsp3) is 0.0833. The fourth-order valence-electron chi connectivity index (χ4n) is 1.45. The molecule has 0 radical (unpaired) electrons. The van der Waals surface area contributed by atoms with Crippen molar-refractivity contribution in [3.05, 3.63) is 41.0 Å². The molecule has 0 saturated carbocycles. The quantitative estimate of drug-likeness (QED) is 0.617. The molecule has 0 aliphatic heterocycles. The number of hydrogen-bond acceptors (Lipinski definition) is 5. The standard InChI is InChI=1S/C12H9NO3S/c1-16-12(15)10-11(17-7-13-10)9-4-2-3-8(5-9)6-14/h2-7H,1H3. The van der Waals surface area contributed by atoms with Crippen molar-refractivity contribution in [1.29, 1.82) is 0 Å². The van der Waals surface area contributed by atoms with Crippen LogP contribution in [0.5, 0.6) is 0 Å². The number of aldehydes is 1. The van der Waals surface area contributed by atoms with E-state index in [1.54, 1.807) is 23.7 Å². The number of rotatable bonds is 3. The number of carbonyl (C=O) groups excluding carboxylic acids is 2. The second-order valence-corrected chi connectivity index (χ2v) is 4.12. The number of thiazole rings is 1. The lowest BCUT2D eigenvalue weighted by atomic mass is 10.1. The lowest BCUT2D eigenvalue weighted by Gasteiger charge is -2.01. The fourth-order valence-corrected chi connectivity index (χ4v) is 2.22. The van der Waals surface area contributed by atoms with Gasteiger partial charge in [0.2, 0.25) is 0 Å². The number of esters is 1. The molecule has 0 aliphatic rings. The number of benzene rings is 1. The number of methoxy groups -OCH3 is 1. The van der Waals surface area contributed by atoms with Crippen molar-refractivity contribution in [1.82, 2.24) is 4.98 Å².